The summed E-state index contributed by atoms with van der Waals surface area (Å²) in [5, 5.41) is 50.2. The average molecular weight is 364 g/mol. The molecule has 0 aromatic heterocycles. The van der Waals surface area contributed by atoms with Crippen LogP contribution in [0.1, 0.15) is 0 Å². The Balaban J connectivity index is 4.70. The van der Waals surface area contributed by atoms with Gasteiger partial charge >= 0.3 is 25.0 Å². The Labute approximate surface area is 129 Å². The van der Waals surface area contributed by atoms with Gasteiger partial charge in [0, 0.05) is 9.85 Å². The molecule has 1 N–H and O–H groups in total. The van der Waals surface area contributed by atoms with E-state index in [2.05, 4.69) is 9.47 Å². The van der Waals surface area contributed by atoms with E-state index in [0.29, 0.717) is 0 Å². The van der Waals surface area contributed by atoms with Crippen LogP contribution in [0.25, 0.3) is 0 Å². The van der Waals surface area contributed by atoms with E-state index in [1.165, 1.54) is 0 Å². The number of nitro groups is 4. The maximum atomic E-state index is 13.5. The first-order chi connectivity index (χ1) is 10.8. The molecule has 0 aliphatic carbocycles. The van der Waals surface area contributed by atoms with Crippen molar-refractivity contribution in [1.29, 1.82) is 0 Å². The fourth-order valence-electron chi connectivity index (χ4n) is 1.13. The van der Waals surface area contributed by atoms with E-state index in [1.54, 1.807) is 0 Å². The van der Waals surface area contributed by atoms with Crippen LogP contribution < -0.4 is 0 Å². The number of aliphatic hydroxyl groups is 1. The summed E-state index contributed by atoms with van der Waals surface area (Å²) in [6.45, 7) is -6.54. The third-order valence-electron chi connectivity index (χ3n) is 2.19. The molecule has 2 unspecified atom stereocenters. The molecule has 0 aromatic carbocycles. The van der Waals surface area contributed by atoms with Crippen molar-refractivity contribution in [2.24, 2.45) is 0 Å². The highest BCUT2D eigenvalue weighted by molar-refractivity contribution is 4.60. The number of hydrogen-bond donors (Lipinski definition) is 1. The van der Waals surface area contributed by atoms with Crippen LogP contribution in [0.15, 0.2) is 0 Å². The van der Waals surface area contributed by atoms with Gasteiger partial charge in [-0.3, -0.25) is 49.9 Å². The van der Waals surface area contributed by atoms with Crippen molar-refractivity contribution >= 4 is 0 Å². The standard InChI is InChI=1S/C7H10F2N4O11/c8-6(12(19)20,3-10(15)16)23-1-5(14)2-24-7(9,13(21)22)4-11(17)18/h5,14H,1-4H2. The van der Waals surface area contributed by atoms with Gasteiger partial charge < -0.3 is 5.11 Å². The number of rotatable bonds is 12. The lowest BCUT2D eigenvalue weighted by molar-refractivity contribution is -0.712. The molecule has 0 aliphatic heterocycles. The molecule has 0 bridgehead atoms. The van der Waals surface area contributed by atoms with Crippen molar-refractivity contribution in [3.63, 3.8) is 0 Å². The molecule has 0 rings (SSSR count). The summed E-state index contributed by atoms with van der Waals surface area (Å²) in [6, 6.07) is 0. The Bertz CT molecular complexity index is 477. The van der Waals surface area contributed by atoms with Crippen molar-refractivity contribution in [3.8, 4) is 0 Å². The molecular weight excluding hydrogens is 354 g/mol. The maximum Gasteiger partial charge on any atom is 0.542 e. The molecule has 0 aliphatic rings. The van der Waals surface area contributed by atoms with E-state index in [4.69, 9.17) is 0 Å². The Kier molecular flexibility index (Phi) is 7.35. The molecule has 17 heteroatoms. The second-order valence-electron chi connectivity index (χ2n) is 4.15. The highest BCUT2D eigenvalue weighted by Gasteiger charge is 2.53. The largest absolute Gasteiger partial charge is 0.542 e. The van der Waals surface area contributed by atoms with E-state index < -0.39 is 64.1 Å². The summed E-state index contributed by atoms with van der Waals surface area (Å²) in [7, 11) is 0. The number of alkyl halides is 2. The van der Waals surface area contributed by atoms with Gasteiger partial charge in [0.2, 0.25) is 0 Å². The summed E-state index contributed by atoms with van der Waals surface area (Å²) < 4.78 is 34.8. The molecule has 138 valence electrons. The fraction of sp³-hybridized carbons (Fsp3) is 1.00. The summed E-state index contributed by atoms with van der Waals surface area (Å²) in [6.07, 6.45) is -2.12. The fourth-order valence-corrected chi connectivity index (χ4v) is 1.13. The molecule has 0 saturated heterocycles. The summed E-state index contributed by atoms with van der Waals surface area (Å²) in [4.78, 5) is 34.5. The predicted octanol–water partition coefficient (Wildman–Crippen LogP) is -1.27. The molecule has 24 heavy (non-hydrogen) atoms. The van der Waals surface area contributed by atoms with Gasteiger partial charge in [-0.05, 0) is 0 Å². The molecular formula is C7H10F2N4O11. The van der Waals surface area contributed by atoms with Gasteiger partial charge in [0.1, 0.15) is 6.10 Å². The van der Waals surface area contributed by atoms with E-state index in [1.807, 2.05) is 0 Å². The molecule has 0 radical (unpaired) electrons. The van der Waals surface area contributed by atoms with Crippen LogP contribution in [-0.4, -0.2) is 69.2 Å². The van der Waals surface area contributed by atoms with Gasteiger partial charge in [-0.25, -0.2) is 0 Å². The SMILES string of the molecule is O=[N+]([O-])CC(F)(OCC(O)COC(F)(C[N+](=O)[O-])[N+](=O)[O-])[N+](=O)[O-]. The number of nitrogens with zero attached hydrogens (tertiary/aromatic N) is 4. The zero-order valence-corrected chi connectivity index (χ0v) is 11.5. The zero-order valence-electron chi connectivity index (χ0n) is 11.5. The normalized spacial score (nSPS) is 17.3. The Morgan fingerprint density at radius 3 is 1.33 bits per heavy atom. The highest BCUT2D eigenvalue weighted by Crippen LogP contribution is 2.17. The molecule has 0 saturated carbocycles. The summed E-state index contributed by atoms with van der Waals surface area (Å²) in [5.74, 6) is -8.03. The molecule has 0 amide bonds. The second-order valence-corrected chi connectivity index (χ2v) is 4.15. The van der Waals surface area contributed by atoms with Gasteiger partial charge in [0.05, 0.1) is 23.1 Å². The van der Waals surface area contributed by atoms with Crippen LogP contribution in [0.3, 0.4) is 0 Å². The van der Waals surface area contributed by atoms with Gasteiger partial charge in [-0.1, -0.05) is 0 Å². The topological polar surface area (TPSA) is 211 Å². The Hall–Kier alpha value is -2.66. The van der Waals surface area contributed by atoms with Crippen LogP contribution in [0.4, 0.5) is 8.78 Å². The van der Waals surface area contributed by atoms with Crippen molar-refractivity contribution in [3.05, 3.63) is 40.5 Å². The molecule has 0 spiro atoms. The minimum Gasteiger partial charge on any atom is -0.388 e. The minimum absolute atomic E-state index is 1.35. The van der Waals surface area contributed by atoms with Gasteiger partial charge in [-0.2, -0.15) is 0 Å². The first-order valence-electron chi connectivity index (χ1n) is 5.69. The number of halogens is 2. The second kappa shape index (κ2) is 8.26. The van der Waals surface area contributed by atoms with E-state index >= 15 is 0 Å². The van der Waals surface area contributed by atoms with Crippen LogP contribution in [0.5, 0.6) is 0 Å². The van der Waals surface area contributed by atoms with Crippen LogP contribution >= 0.6 is 0 Å². The quantitative estimate of drug-likeness (QED) is 0.186. The molecule has 0 aromatic rings. The predicted molar refractivity (Wildman–Crippen MR) is 63.3 cm³/mol. The molecule has 0 heterocycles. The first kappa shape index (κ1) is 21.3. The lowest BCUT2D eigenvalue weighted by Crippen LogP contribution is -2.47. The van der Waals surface area contributed by atoms with Crippen LogP contribution in [-0.2, 0) is 9.47 Å². The summed E-state index contributed by atoms with van der Waals surface area (Å²) in [5.41, 5.74) is 0. The molecule has 2 atom stereocenters. The third-order valence-corrected chi connectivity index (χ3v) is 2.19. The van der Waals surface area contributed by atoms with Crippen molar-refractivity contribution < 1.29 is 43.1 Å². The number of hydrogen-bond acceptors (Lipinski definition) is 11. The Morgan fingerprint density at radius 2 is 1.12 bits per heavy atom. The van der Waals surface area contributed by atoms with Crippen LogP contribution in [0.2, 0.25) is 0 Å². The monoisotopic (exact) mass is 364 g/mol. The third kappa shape index (κ3) is 6.62. The van der Waals surface area contributed by atoms with Crippen molar-refractivity contribution in [1.82, 2.24) is 0 Å². The van der Waals surface area contributed by atoms with E-state index in [9.17, 15) is 54.3 Å². The van der Waals surface area contributed by atoms with Crippen molar-refractivity contribution in [2.45, 2.75) is 18.1 Å². The Morgan fingerprint density at radius 1 is 0.833 bits per heavy atom. The highest BCUT2D eigenvalue weighted by atomic mass is 19.2. The van der Waals surface area contributed by atoms with Crippen LogP contribution in [0, 0.1) is 40.5 Å². The minimum atomic E-state index is -4.01. The number of ether oxygens (including phenoxy) is 2. The summed E-state index contributed by atoms with van der Waals surface area (Å²) >= 11 is 0. The number of aliphatic hydroxyl groups excluding tert-OH is 1. The first-order valence-corrected chi connectivity index (χ1v) is 5.69. The smallest absolute Gasteiger partial charge is 0.388 e. The van der Waals surface area contributed by atoms with Gasteiger partial charge in [0.25, 0.3) is 0 Å². The average Bonchev–Trinajstić information content (AvgIpc) is 2.41. The molecule has 0 fully saturated rings. The molecule has 15 nitrogen and oxygen atoms in total. The van der Waals surface area contributed by atoms with Crippen molar-refractivity contribution in [2.75, 3.05) is 26.3 Å². The van der Waals surface area contributed by atoms with Gasteiger partial charge in [0.15, 0.2) is 0 Å². The van der Waals surface area contributed by atoms with E-state index in [-0.39, 0.29) is 0 Å². The van der Waals surface area contributed by atoms with E-state index in [0.717, 1.165) is 0 Å². The lowest BCUT2D eigenvalue weighted by atomic mass is 10.4. The zero-order chi connectivity index (χ0) is 19.1. The lowest BCUT2D eigenvalue weighted by Gasteiger charge is -2.18. The van der Waals surface area contributed by atoms with Gasteiger partial charge in [-0.15, -0.1) is 8.78 Å². The maximum absolute atomic E-state index is 13.5.